The maximum atomic E-state index is 13.2. The minimum atomic E-state index is -3.54. The average molecular weight is 468 g/mol. The SMILES string of the molecule is O=C(NC1CCN(S(=O)(=O)c2ccc3ccccc3c2)CC1)NC12CC3CC(CC(C3)C1)C2. The molecule has 0 unspecified atom stereocenters. The lowest BCUT2D eigenvalue weighted by Gasteiger charge is -2.56. The van der Waals surface area contributed by atoms with E-state index in [9.17, 15) is 13.2 Å². The van der Waals surface area contributed by atoms with Gasteiger partial charge < -0.3 is 10.6 Å². The van der Waals surface area contributed by atoms with Gasteiger partial charge in [0.15, 0.2) is 0 Å². The molecule has 0 spiro atoms. The summed E-state index contributed by atoms with van der Waals surface area (Å²) in [6, 6.07) is 13.1. The second-order valence-electron chi connectivity index (χ2n) is 11.0. The quantitative estimate of drug-likeness (QED) is 0.705. The highest BCUT2D eigenvalue weighted by molar-refractivity contribution is 7.89. The van der Waals surface area contributed by atoms with Crippen LogP contribution in [0.2, 0.25) is 0 Å². The first-order valence-electron chi connectivity index (χ1n) is 12.5. The fourth-order valence-electron chi connectivity index (χ4n) is 7.44. The molecular weight excluding hydrogens is 434 g/mol. The third-order valence-corrected chi connectivity index (χ3v) is 10.5. The van der Waals surface area contributed by atoms with E-state index >= 15 is 0 Å². The van der Waals surface area contributed by atoms with Gasteiger partial charge in [-0.05, 0) is 92.0 Å². The lowest BCUT2D eigenvalue weighted by Crippen LogP contribution is -2.62. The van der Waals surface area contributed by atoms with Gasteiger partial charge in [0, 0.05) is 24.7 Å². The number of carbonyl (C=O) groups is 1. The van der Waals surface area contributed by atoms with E-state index < -0.39 is 10.0 Å². The molecule has 4 saturated carbocycles. The number of piperidine rings is 1. The second-order valence-corrected chi connectivity index (χ2v) is 12.9. The molecule has 1 saturated heterocycles. The van der Waals surface area contributed by atoms with Gasteiger partial charge in [0.05, 0.1) is 4.90 Å². The monoisotopic (exact) mass is 467 g/mol. The molecule has 2 aromatic carbocycles. The fraction of sp³-hybridized carbons (Fsp3) is 0.577. The Morgan fingerprint density at radius 1 is 0.879 bits per heavy atom. The summed E-state index contributed by atoms with van der Waals surface area (Å²) in [6.07, 6.45) is 8.74. The van der Waals surface area contributed by atoms with Crippen LogP contribution in [0.1, 0.15) is 51.4 Å². The highest BCUT2D eigenvalue weighted by atomic mass is 32.2. The fourth-order valence-corrected chi connectivity index (χ4v) is 8.95. The molecule has 4 aliphatic carbocycles. The van der Waals surface area contributed by atoms with E-state index in [4.69, 9.17) is 0 Å². The molecular formula is C26H33N3O3S. The number of rotatable bonds is 4. The maximum absolute atomic E-state index is 13.2. The molecule has 33 heavy (non-hydrogen) atoms. The number of amides is 2. The Hall–Kier alpha value is -2.12. The van der Waals surface area contributed by atoms with Crippen molar-refractivity contribution in [3.8, 4) is 0 Å². The molecule has 7 heteroatoms. The van der Waals surface area contributed by atoms with Crippen molar-refractivity contribution < 1.29 is 13.2 Å². The third kappa shape index (κ3) is 4.03. The number of urea groups is 1. The predicted molar refractivity (Wildman–Crippen MR) is 128 cm³/mol. The highest BCUT2D eigenvalue weighted by Crippen LogP contribution is 2.55. The van der Waals surface area contributed by atoms with E-state index in [0.29, 0.717) is 30.8 Å². The van der Waals surface area contributed by atoms with Crippen LogP contribution in [0, 0.1) is 17.8 Å². The molecule has 5 aliphatic rings. The van der Waals surface area contributed by atoms with Gasteiger partial charge >= 0.3 is 6.03 Å². The number of benzene rings is 2. The van der Waals surface area contributed by atoms with Crippen LogP contribution in [0.3, 0.4) is 0 Å². The molecule has 4 bridgehead atoms. The Morgan fingerprint density at radius 3 is 2.12 bits per heavy atom. The summed E-state index contributed by atoms with van der Waals surface area (Å²) in [5.41, 5.74) is -0.00103. The number of fused-ring (bicyclic) bond motifs is 1. The van der Waals surface area contributed by atoms with Crippen LogP contribution in [0.5, 0.6) is 0 Å². The van der Waals surface area contributed by atoms with Crippen LogP contribution in [-0.2, 0) is 10.0 Å². The van der Waals surface area contributed by atoms with E-state index in [1.165, 1.54) is 19.3 Å². The van der Waals surface area contributed by atoms with Crippen LogP contribution < -0.4 is 10.6 Å². The van der Waals surface area contributed by atoms with E-state index in [1.54, 1.807) is 16.4 Å². The van der Waals surface area contributed by atoms with Crippen LogP contribution in [0.4, 0.5) is 4.79 Å². The summed E-state index contributed by atoms with van der Waals surface area (Å²) in [4.78, 5) is 13.2. The Kier molecular flexibility index (Phi) is 5.18. The summed E-state index contributed by atoms with van der Waals surface area (Å²) in [5, 5.41) is 8.49. The van der Waals surface area contributed by atoms with E-state index in [-0.39, 0.29) is 17.6 Å². The van der Waals surface area contributed by atoms with Crippen molar-refractivity contribution in [2.75, 3.05) is 13.1 Å². The Morgan fingerprint density at radius 2 is 1.48 bits per heavy atom. The van der Waals surface area contributed by atoms with Gasteiger partial charge in [-0.15, -0.1) is 0 Å². The van der Waals surface area contributed by atoms with Gasteiger partial charge in [-0.1, -0.05) is 30.3 Å². The normalized spacial score (nSPS) is 32.2. The number of sulfonamides is 1. The van der Waals surface area contributed by atoms with Crippen molar-refractivity contribution in [1.82, 2.24) is 14.9 Å². The summed E-state index contributed by atoms with van der Waals surface area (Å²) >= 11 is 0. The van der Waals surface area contributed by atoms with Gasteiger partial charge in [0.2, 0.25) is 10.0 Å². The minimum Gasteiger partial charge on any atom is -0.335 e. The standard InChI is InChI=1S/C26H33N3O3S/c30-25(28-26-15-18-11-19(16-26)13-20(12-18)17-26)27-23-7-9-29(10-8-23)33(31,32)24-6-5-21-3-1-2-4-22(21)14-24/h1-6,14,18-20,23H,7-13,15-17H2,(H2,27,28,30). The summed E-state index contributed by atoms with van der Waals surface area (Å²) in [6.45, 7) is 0.856. The summed E-state index contributed by atoms with van der Waals surface area (Å²) in [5.74, 6) is 2.38. The van der Waals surface area contributed by atoms with Crippen molar-refractivity contribution in [3.63, 3.8) is 0 Å². The van der Waals surface area contributed by atoms with Gasteiger partial charge in [-0.25, -0.2) is 13.2 Å². The lowest BCUT2D eigenvalue weighted by molar-refractivity contribution is -0.0137. The second kappa shape index (κ2) is 7.98. The maximum Gasteiger partial charge on any atom is 0.315 e. The van der Waals surface area contributed by atoms with Gasteiger partial charge in [-0.3, -0.25) is 0 Å². The van der Waals surface area contributed by atoms with Crippen molar-refractivity contribution in [2.24, 2.45) is 17.8 Å². The van der Waals surface area contributed by atoms with Gasteiger partial charge in [0.25, 0.3) is 0 Å². The van der Waals surface area contributed by atoms with Crippen molar-refractivity contribution >= 4 is 26.8 Å². The first kappa shape index (κ1) is 21.4. The zero-order valence-electron chi connectivity index (χ0n) is 19.0. The molecule has 0 aromatic heterocycles. The van der Waals surface area contributed by atoms with Crippen molar-refractivity contribution in [1.29, 1.82) is 0 Å². The first-order valence-corrected chi connectivity index (χ1v) is 13.9. The molecule has 2 N–H and O–H groups in total. The first-order chi connectivity index (χ1) is 15.9. The number of nitrogens with one attached hydrogen (secondary N) is 2. The highest BCUT2D eigenvalue weighted by Gasteiger charge is 2.51. The van der Waals surface area contributed by atoms with Crippen molar-refractivity contribution in [3.05, 3.63) is 42.5 Å². The van der Waals surface area contributed by atoms with E-state index in [2.05, 4.69) is 10.6 Å². The van der Waals surface area contributed by atoms with Gasteiger partial charge in [-0.2, -0.15) is 4.31 Å². The predicted octanol–water partition coefficient (Wildman–Crippen LogP) is 4.26. The van der Waals surface area contributed by atoms with Crippen molar-refractivity contribution in [2.45, 2.75) is 67.8 Å². The van der Waals surface area contributed by atoms with E-state index in [0.717, 1.165) is 47.8 Å². The Bertz CT molecular complexity index is 1130. The summed E-state index contributed by atoms with van der Waals surface area (Å²) in [7, 11) is -3.54. The van der Waals surface area contributed by atoms with Crippen LogP contribution in [0.25, 0.3) is 10.8 Å². The largest absolute Gasteiger partial charge is 0.335 e. The zero-order chi connectivity index (χ0) is 22.6. The Labute approximate surface area is 196 Å². The molecule has 1 aliphatic heterocycles. The number of hydrogen-bond donors (Lipinski definition) is 2. The average Bonchev–Trinajstić information content (AvgIpc) is 2.77. The van der Waals surface area contributed by atoms with Crippen LogP contribution >= 0.6 is 0 Å². The molecule has 7 rings (SSSR count). The molecule has 2 amide bonds. The van der Waals surface area contributed by atoms with Gasteiger partial charge in [0.1, 0.15) is 0 Å². The molecule has 0 radical (unpaired) electrons. The molecule has 2 aromatic rings. The topological polar surface area (TPSA) is 78.5 Å². The van der Waals surface area contributed by atoms with Crippen LogP contribution in [-0.4, -0.2) is 43.4 Å². The van der Waals surface area contributed by atoms with E-state index in [1.807, 2.05) is 30.3 Å². The molecule has 6 nitrogen and oxygen atoms in total. The molecule has 5 fully saturated rings. The summed E-state index contributed by atoms with van der Waals surface area (Å²) < 4.78 is 28.0. The molecule has 0 atom stereocenters. The molecule has 176 valence electrons. The Balaban J connectivity index is 1.06. The minimum absolute atomic E-state index is 0.00103. The number of carbonyl (C=O) groups excluding carboxylic acids is 1. The third-order valence-electron chi connectivity index (χ3n) is 8.56. The molecule has 1 heterocycles. The zero-order valence-corrected chi connectivity index (χ0v) is 19.8. The number of nitrogens with zero attached hydrogens (tertiary/aromatic N) is 1. The smallest absolute Gasteiger partial charge is 0.315 e. The number of hydrogen-bond acceptors (Lipinski definition) is 3. The lowest BCUT2D eigenvalue weighted by atomic mass is 9.53. The van der Waals surface area contributed by atoms with Crippen LogP contribution in [0.15, 0.2) is 47.4 Å².